The van der Waals surface area contributed by atoms with E-state index in [1.165, 1.54) is 11.1 Å². The van der Waals surface area contributed by atoms with E-state index in [0.717, 1.165) is 45.1 Å². The molecule has 1 aromatic rings. The predicted molar refractivity (Wildman–Crippen MR) is 81.0 cm³/mol. The van der Waals surface area contributed by atoms with E-state index in [4.69, 9.17) is 10.5 Å². The largest absolute Gasteiger partial charge is 0.493 e. The Hall–Kier alpha value is -1.10. The maximum Gasteiger partial charge on any atom is 0.126 e. The third-order valence-electron chi connectivity index (χ3n) is 4.64. The fraction of sp³-hybridized carbons (Fsp3) is 0.625. The second kappa shape index (κ2) is 5.72. The Kier molecular flexibility index (Phi) is 3.96. The van der Waals surface area contributed by atoms with E-state index in [-0.39, 0.29) is 6.04 Å². The number of para-hydroxylation sites is 1. The van der Waals surface area contributed by atoms with Crippen molar-refractivity contribution >= 4 is 0 Å². The zero-order valence-corrected chi connectivity index (χ0v) is 12.5. The van der Waals surface area contributed by atoms with E-state index in [1.807, 2.05) is 0 Å². The first kappa shape index (κ1) is 13.9. The Balaban J connectivity index is 1.68. The van der Waals surface area contributed by atoms with Gasteiger partial charge in [-0.1, -0.05) is 18.2 Å². The molecule has 0 aromatic heterocycles. The third kappa shape index (κ3) is 2.68. The highest BCUT2D eigenvalue weighted by atomic mass is 16.5. The molecule has 0 amide bonds. The summed E-state index contributed by atoms with van der Waals surface area (Å²) in [7, 11) is 2.19. The second-order valence-electron chi connectivity index (χ2n) is 6.19. The Labute approximate surface area is 121 Å². The fourth-order valence-electron chi connectivity index (χ4n) is 3.21. The molecule has 0 radical (unpaired) electrons. The minimum absolute atomic E-state index is 0.0957. The highest BCUT2D eigenvalue weighted by Crippen LogP contribution is 2.36. The number of likely N-dealkylation sites (N-methyl/N-ethyl adjacent to an activating group) is 1. The van der Waals surface area contributed by atoms with Crippen molar-refractivity contribution in [3.63, 3.8) is 0 Å². The van der Waals surface area contributed by atoms with Crippen LogP contribution in [0.15, 0.2) is 18.2 Å². The van der Waals surface area contributed by atoms with Gasteiger partial charge < -0.3 is 20.3 Å². The summed E-state index contributed by atoms with van der Waals surface area (Å²) in [6, 6.07) is 6.38. The number of piperazine rings is 1. The SMILES string of the molecule is Cc1cccc2c1OCC(CN1CCN(C)CC1)C2N. The number of ether oxygens (including phenoxy) is 1. The van der Waals surface area contributed by atoms with E-state index < -0.39 is 0 Å². The van der Waals surface area contributed by atoms with Gasteiger partial charge >= 0.3 is 0 Å². The summed E-state index contributed by atoms with van der Waals surface area (Å²) in [4.78, 5) is 4.90. The number of nitrogens with zero attached hydrogens (tertiary/aromatic N) is 2. The standard InChI is InChI=1S/C16H25N3O/c1-12-4-3-5-14-15(17)13(11-20-16(12)14)10-19-8-6-18(2)7-9-19/h3-5,13,15H,6-11,17H2,1-2H3. The molecule has 2 heterocycles. The van der Waals surface area contributed by atoms with Crippen LogP contribution in [-0.4, -0.2) is 56.2 Å². The first-order chi connectivity index (χ1) is 9.65. The molecular formula is C16H25N3O. The molecule has 2 atom stereocenters. The Morgan fingerprint density at radius 1 is 1.25 bits per heavy atom. The van der Waals surface area contributed by atoms with Gasteiger partial charge in [0.05, 0.1) is 6.61 Å². The van der Waals surface area contributed by atoms with Crippen LogP contribution in [0.3, 0.4) is 0 Å². The summed E-state index contributed by atoms with van der Waals surface area (Å²) in [6.07, 6.45) is 0. The van der Waals surface area contributed by atoms with Crippen molar-refractivity contribution in [2.45, 2.75) is 13.0 Å². The van der Waals surface area contributed by atoms with Gasteiger partial charge in [-0.15, -0.1) is 0 Å². The van der Waals surface area contributed by atoms with Crippen LogP contribution in [0.4, 0.5) is 0 Å². The molecule has 4 nitrogen and oxygen atoms in total. The number of nitrogens with two attached hydrogens (primary N) is 1. The minimum Gasteiger partial charge on any atom is -0.493 e. The summed E-state index contributed by atoms with van der Waals surface area (Å²) in [5.74, 6) is 1.40. The van der Waals surface area contributed by atoms with Crippen molar-refractivity contribution in [3.8, 4) is 5.75 Å². The van der Waals surface area contributed by atoms with Crippen LogP contribution in [0.25, 0.3) is 0 Å². The summed E-state index contributed by atoms with van der Waals surface area (Å²) in [5.41, 5.74) is 8.85. The van der Waals surface area contributed by atoms with Crippen LogP contribution in [0.5, 0.6) is 5.75 Å². The van der Waals surface area contributed by atoms with Crippen molar-refractivity contribution in [1.29, 1.82) is 0 Å². The maximum absolute atomic E-state index is 6.49. The molecule has 2 unspecified atom stereocenters. The molecule has 110 valence electrons. The molecule has 2 N–H and O–H groups in total. The average Bonchev–Trinajstić information content (AvgIpc) is 2.45. The lowest BCUT2D eigenvalue weighted by molar-refractivity contribution is 0.0994. The van der Waals surface area contributed by atoms with Gasteiger partial charge in [-0.2, -0.15) is 0 Å². The molecule has 4 heteroatoms. The Morgan fingerprint density at radius 3 is 2.75 bits per heavy atom. The summed E-state index contributed by atoms with van der Waals surface area (Å²) in [6.45, 7) is 8.46. The van der Waals surface area contributed by atoms with Gasteiger partial charge in [0.2, 0.25) is 0 Å². The Morgan fingerprint density at radius 2 is 2.00 bits per heavy atom. The lowest BCUT2D eigenvalue weighted by Crippen LogP contribution is -2.48. The number of benzene rings is 1. The van der Waals surface area contributed by atoms with Crippen molar-refractivity contribution in [2.24, 2.45) is 11.7 Å². The quantitative estimate of drug-likeness (QED) is 0.882. The highest BCUT2D eigenvalue weighted by molar-refractivity contribution is 5.44. The van der Waals surface area contributed by atoms with Gasteiger partial charge in [0.1, 0.15) is 5.75 Å². The topological polar surface area (TPSA) is 41.7 Å². The average molecular weight is 275 g/mol. The summed E-state index contributed by atoms with van der Waals surface area (Å²) < 4.78 is 5.98. The van der Waals surface area contributed by atoms with Crippen molar-refractivity contribution in [2.75, 3.05) is 46.4 Å². The molecule has 2 aliphatic rings. The molecule has 20 heavy (non-hydrogen) atoms. The maximum atomic E-state index is 6.49. The predicted octanol–water partition coefficient (Wildman–Crippen LogP) is 1.25. The van der Waals surface area contributed by atoms with Crippen LogP contribution in [-0.2, 0) is 0 Å². The molecule has 0 aliphatic carbocycles. The van der Waals surface area contributed by atoms with Crippen LogP contribution in [0.2, 0.25) is 0 Å². The molecule has 0 bridgehead atoms. The molecule has 0 saturated carbocycles. The smallest absolute Gasteiger partial charge is 0.126 e. The minimum atomic E-state index is 0.0957. The fourth-order valence-corrected chi connectivity index (χ4v) is 3.21. The number of hydrogen-bond acceptors (Lipinski definition) is 4. The van der Waals surface area contributed by atoms with E-state index >= 15 is 0 Å². The molecule has 1 aromatic carbocycles. The van der Waals surface area contributed by atoms with E-state index in [2.05, 4.69) is 42.0 Å². The number of rotatable bonds is 2. The van der Waals surface area contributed by atoms with Crippen LogP contribution >= 0.6 is 0 Å². The lowest BCUT2D eigenvalue weighted by atomic mass is 9.89. The van der Waals surface area contributed by atoms with Crippen LogP contribution < -0.4 is 10.5 Å². The van der Waals surface area contributed by atoms with Crippen LogP contribution in [0, 0.1) is 12.8 Å². The summed E-state index contributed by atoms with van der Waals surface area (Å²) in [5, 5.41) is 0. The van der Waals surface area contributed by atoms with Crippen molar-refractivity contribution in [1.82, 2.24) is 9.80 Å². The Bertz CT molecular complexity index is 469. The van der Waals surface area contributed by atoms with Crippen molar-refractivity contribution in [3.05, 3.63) is 29.3 Å². The number of aryl methyl sites for hydroxylation is 1. The monoisotopic (exact) mass is 275 g/mol. The van der Waals surface area contributed by atoms with Gasteiger partial charge in [-0.25, -0.2) is 0 Å². The summed E-state index contributed by atoms with van der Waals surface area (Å²) >= 11 is 0. The molecule has 0 spiro atoms. The molecule has 1 fully saturated rings. The van der Waals surface area contributed by atoms with Crippen molar-refractivity contribution < 1.29 is 4.74 Å². The second-order valence-corrected chi connectivity index (χ2v) is 6.19. The normalized spacial score (nSPS) is 27.9. The molecular weight excluding hydrogens is 250 g/mol. The highest BCUT2D eigenvalue weighted by Gasteiger charge is 2.30. The first-order valence-corrected chi connectivity index (χ1v) is 7.54. The molecule has 2 aliphatic heterocycles. The zero-order chi connectivity index (χ0) is 14.1. The van der Waals surface area contributed by atoms with E-state index in [0.29, 0.717) is 5.92 Å². The molecule has 3 rings (SSSR count). The van der Waals surface area contributed by atoms with Gasteiger partial charge in [0.15, 0.2) is 0 Å². The van der Waals surface area contributed by atoms with Gasteiger partial charge in [-0.05, 0) is 19.5 Å². The lowest BCUT2D eigenvalue weighted by Gasteiger charge is -2.38. The van der Waals surface area contributed by atoms with E-state index in [1.54, 1.807) is 0 Å². The number of hydrogen-bond donors (Lipinski definition) is 1. The van der Waals surface area contributed by atoms with E-state index in [9.17, 15) is 0 Å². The zero-order valence-electron chi connectivity index (χ0n) is 12.5. The first-order valence-electron chi connectivity index (χ1n) is 7.54. The third-order valence-corrected chi connectivity index (χ3v) is 4.64. The number of fused-ring (bicyclic) bond motifs is 1. The van der Waals surface area contributed by atoms with Gasteiger partial charge in [0, 0.05) is 50.2 Å². The van der Waals surface area contributed by atoms with Gasteiger partial charge in [0.25, 0.3) is 0 Å². The molecule has 1 saturated heterocycles. The van der Waals surface area contributed by atoms with Gasteiger partial charge in [-0.3, -0.25) is 0 Å². The van der Waals surface area contributed by atoms with Crippen LogP contribution in [0.1, 0.15) is 17.2 Å².